The first-order valence-corrected chi connectivity index (χ1v) is 13.0. The lowest BCUT2D eigenvalue weighted by atomic mass is 10.0. The van der Waals surface area contributed by atoms with Gasteiger partial charge in [0.05, 0.1) is 17.6 Å². The predicted octanol–water partition coefficient (Wildman–Crippen LogP) is 4.75. The highest BCUT2D eigenvalue weighted by Gasteiger charge is 2.21. The van der Waals surface area contributed by atoms with Crippen LogP contribution in [0, 0.1) is 0 Å². The van der Waals surface area contributed by atoms with E-state index in [0.717, 1.165) is 39.2 Å². The van der Waals surface area contributed by atoms with Crippen molar-refractivity contribution < 1.29 is 14.6 Å². The molecule has 37 heavy (non-hydrogen) atoms. The van der Waals surface area contributed by atoms with Crippen LogP contribution >= 0.6 is 22.9 Å². The average molecular weight is 536 g/mol. The largest absolute Gasteiger partial charge is 0.484 e. The monoisotopic (exact) mass is 535 g/mol. The number of aromatic nitrogens is 2. The van der Waals surface area contributed by atoms with E-state index in [1.165, 1.54) is 11.3 Å². The van der Waals surface area contributed by atoms with Gasteiger partial charge in [0, 0.05) is 35.8 Å². The quantitative estimate of drug-likeness (QED) is 0.286. The number of rotatable bonds is 9. The second kappa shape index (κ2) is 10.9. The third-order valence-corrected chi connectivity index (χ3v) is 7.59. The van der Waals surface area contributed by atoms with Crippen molar-refractivity contribution in [2.45, 2.75) is 25.6 Å². The molecule has 8 nitrogen and oxygen atoms in total. The Morgan fingerprint density at radius 2 is 2.16 bits per heavy atom. The van der Waals surface area contributed by atoms with Crippen molar-refractivity contribution in [2.24, 2.45) is 10.7 Å². The fourth-order valence-corrected chi connectivity index (χ4v) is 5.47. The van der Waals surface area contributed by atoms with Gasteiger partial charge in [0.1, 0.15) is 34.2 Å². The van der Waals surface area contributed by atoms with Gasteiger partial charge in [-0.3, -0.25) is 19.7 Å². The van der Waals surface area contributed by atoms with Gasteiger partial charge in [-0.1, -0.05) is 41.9 Å². The van der Waals surface area contributed by atoms with Crippen molar-refractivity contribution in [3.05, 3.63) is 82.0 Å². The maximum atomic E-state index is 12.2. The number of aliphatic hydroxyl groups is 1. The van der Waals surface area contributed by atoms with Gasteiger partial charge in [0.15, 0.2) is 0 Å². The van der Waals surface area contributed by atoms with Gasteiger partial charge in [-0.15, -0.1) is 11.3 Å². The summed E-state index contributed by atoms with van der Waals surface area (Å²) in [4.78, 5) is 21.7. The molecule has 0 radical (unpaired) electrons. The molecular weight excluding hydrogens is 510 g/mol. The Labute approximate surface area is 223 Å². The van der Waals surface area contributed by atoms with Gasteiger partial charge in [-0.2, -0.15) is 0 Å². The van der Waals surface area contributed by atoms with Crippen LogP contribution in [0.25, 0.3) is 21.6 Å². The molecule has 1 aliphatic heterocycles. The summed E-state index contributed by atoms with van der Waals surface area (Å²) in [5.41, 5.74) is 10.3. The van der Waals surface area contributed by atoms with Crippen LogP contribution in [0.2, 0.25) is 5.02 Å². The average Bonchev–Trinajstić information content (AvgIpc) is 3.51. The molecule has 1 amide bonds. The van der Waals surface area contributed by atoms with Crippen LogP contribution in [0.1, 0.15) is 40.2 Å². The molecule has 4 aromatic rings. The Kier molecular flexibility index (Phi) is 7.38. The number of hydrogen-bond acceptors (Lipinski definition) is 7. The minimum absolute atomic E-state index is 0.0193. The van der Waals surface area contributed by atoms with Crippen molar-refractivity contribution in [1.82, 2.24) is 14.9 Å². The second-order valence-corrected chi connectivity index (χ2v) is 10.0. The van der Waals surface area contributed by atoms with Crippen LogP contribution in [0.15, 0.2) is 65.9 Å². The number of carbonyl (C=O) groups is 1. The zero-order valence-electron chi connectivity index (χ0n) is 20.1. The Hall–Kier alpha value is -3.50. The zero-order valence-corrected chi connectivity index (χ0v) is 21.7. The number of carbonyl (C=O) groups excluding carboxylic acids is 1. The Balaban J connectivity index is 1.41. The smallest absolute Gasteiger partial charge is 0.262 e. The van der Waals surface area contributed by atoms with E-state index in [4.69, 9.17) is 27.2 Å². The molecular formula is C27H26ClN5O3S. The zero-order chi connectivity index (χ0) is 25.9. The number of thiophene rings is 1. The predicted molar refractivity (Wildman–Crippen MR) is 148 cm³/mol. The third kappa shape index (κ3) is 5.30. The van der Waals surface area contributed by atoms with E-state index in [1.54, 1.807) is 12.4 Å². The summed E-state index contributed by atoms with van der Waals surface area (Å²) < 4.78 is 8.06. The molecule has 0 saturated heterocycles. The molecule has 190 valence electrons. The summed E-state index contributed by atoms with van der Waals surface area (Å²) in [6.07, 6.45) is 6.05. The number of halogens is 1. The number of fused-ring (bicyclic) bond motifs is 1. The molecule has 1 aliphatic rings. The number of ether oxygens (including phenoxy) is 1. The molecule has 0 spiro atoms. The topological polar surface area (TPSA) is 115 Å². The first kappa shape index (κ1) is 25.2. The fourth-order valence-electron chi connectivity index (χ4n) is 4.25. The number of aliphatic imine (C=N–C) groups is 1. The lowest BCUT2D eigenvalue weighted by molar-refractivity contribution is 0.0998. The molecule has 0 aliphatic carbocycles. The molecule has 4 N–H and O–H groups in total. The minimum atomic E-state index is -0.556. The lowest BCUT2D eigenvalue weighted by Gasteiger charge is -2.16. The molecule has 3 heterocycles. The number of amides is 1. The second-order valence-electron chi connectivity index (χ2n) is 8.61. The van der Waals surface area contributed by atoms with Crippen molar-refractivity contribution >= 4 is 51.7 Å². The van der Waals surface area contributed by atoms with E-state index >= 15 is 0 Å². The highest BCUT2D eigenvalue weighted by atomic mass is 35.5. The van der Waals surface area contributed by atoms with E-state index in [2.05, 4.69) is 21.4 Å². The van der Waals surface area contributed by atoms with Gasteiger partial charge in [0.2, 0.25) is 0 Å². The van der Waals surface area contributed by atoms with Gasteiger partial charge in [0.25, 0.3) is 5.91 Å². The van der Waals surface area contributed by atoms with E-state index in [0.29, 0.717) is 22.2 Å². The summed E-state index contributed by atoms with van der Waals surface area (Å²) in [6.45, 7) is 2.48. The Morgan fingerprint density at radius 1 is 1.32 bits per heavy atom. The van der Waals surface area contributed by atoms with Gasteiger partial charge in [-0.25, -0.2) is 4.98 Å². The molecule has 0 bridgehead atoms. The molecule has 2 aromatic heterocycles. The normalized spacial score (nSPS) is 16.1. The van der Waals surface area contributed by atoms with Crippen molar-refractivity contribution in [3.8, 4) is 10.8 Å². The summed E-state index contributed by atoms with van der Waals surface area (Å²) in [5, 5.41) is 13.5. The first-order chi connectivity index (χ1) is 17.9. The van der Waals surface area contributed by atoms with Crippen molar-refractivity contribution in [1.29, 1.82) is 0 Å². The van der Waals surface area contributed by atoms with Crippen LogP contribution in [-0.4, -0.2) is 46.1 Å². The summed E-state index contributed by atoms with van der Waals surface area (Å²) in [7, 11) is 0. The van der Waals surface area contributed by atoms with Crippen LogP contribution in [0.4, 0.5) is 0 Å². The van der Waals surface area contributed by atoms with Crippen molar-refractivity contribution in [2.75, 3.05) is 13.2 Å². The van der Waals surface area contributed by atoms with Crippen LogP contribution in [0.5, 0.6) is 5.75 Å². The number of aliphatic hydroxyl groups excluding tert-OH is 1. The Bertz CT molecular complexity index is 1510. The fraction of sp³-hybridized carbons (Fsp3) is 0.222. The summed E-state index contributed by atoms with van der Waals surface area (Å²) in [5.74, 6) is -0.147. The molecule has 5 rings (SSSR count). The number of hydrogen-bond donors (Lipinski definition) is 3. The van der Waals surface area contributed by atoms with E-state index < -0.39 is 5.91 Å². The summed E-state index contributed by atoms with van der Waals surface area (Å²) in [6, 6.07) is 15.3. The van der Waals surface area contributed by atoms with E-state index in [9.17, 15) is 4.79 Å². The number of benzene rings is 2. The maximum absolute atomic E-state index is 12.2. The van der Waals surface area contributed by atoms with Crippen LogP contribution < -0.4 is 15.8 Å². The van der Waals surface area contributed by atoms with Gasteiger partial charge >= 0.3 is 0 Å². The Morgan fingerprint density at radius 3 is 2.89 bits per heavy atom. The molecule has 0 saturated carbocycles. The van der Waals surface area contributed by atoms with Crippen molar-refractivity contribution in [3.63, 3.8) is 0 Å². The van der Waals surface area contributed by atoms with Crippen LogP contribution in [0.3, 0.4) is 0 Å². The number of dihydropyridines is 1. The standard InChI is InChI=1S/C27H26ClN5O3S/c1-16(19-4-2-3-5-20(19)28)36-23-13-25(37-26(23)27(29)35)33-15-32-21-12-17(6-8-22(21)33)18-7-9-24(31-14-18)30-10-11-34/h2-8,12-16,24,30,34H,9-11H2,1H3,(H2,29,35)/t16-,24?/m1/s1. The molecule has 1 unspecified atom stereocenters. The highest BCUT2D eigenvalue weighted by molar-refractivity contribution is 7.16. The number of imidazole rings is 1. The number of nitrogens with one attached hydrogen (secondary N) is 1. The summed E-state index contributed by atoms with van der Waals surface area (Å²) >= 11 is 7.58. The number of allylic oxidation sites excluding steroid dienone is 1. The van der Waals surface area contributed by atoms with E-state index in [-0.39, 0.29) is 18.9 Å². The first-order valence-electron chi connectivity index (χ1n) is 11.8. The maximum Gasteiger partial charge on any atom is 0.262 e. The lowest BCUT2D eigenvalue weighted by Crippen LogP contribution is -2.30. The minimum Gasteiger partial charge on any atom is -0.484 e. The van der Waals surface area contributed by atoms with Gasteiger partial charge in [-0.05, 0) is 36.3 Å². The molecule has 0 fully saturated rings. The number of nitrogens with two attached hydrogens (primary N) is 1. The number of primary amides is 1. The van der Waals surface area contributed by atoms with E-state index in [1.807, 2.05) is 60.2 Å². The highest BCUT2D eigenvalue weighted by Crippen LogP contribution is 2.37. The van der Waals surface area contributed by atoms with Gasteiger partial charge < -0.3 is 15.6 Å². The molecule has 2 aromatic carbocycles. The molecule has 2 atom stereocenters. The number of nitrogens with zero attached hydrogens (tertiary/aromatic N) is 3. The molecule has 10 heteroatoms. The van der Waals surface area contributed by atoms with Crippen LogP contribution in [-0.2, 0) is 0 Å². The third-order valence-electron chi connectivity index (χ3n) is 6.12. The SMILES string of the molecule is C[C@@H](Oc1cc(-n2cnc3cc(C4=CCC(NCCO)N=C4)ccc32)sc1C(N)=O)c1ccccc1Cl.